The number of phenolic OH excluding ortho intramolecular Hbond substituents is 4. The largest absolute Gasteiger partial charge is 3.00 e. The molecule has 12 bridgehead atoms. The third-order valence-electron chi connectivity index (χ3n) is 25.2. The summed E-state index contributed by atoms with van der Waals surface area (Å²) >= 11 is 0. The van der Waals surface area contributed by atoms with E-state index in [-0.39, 0.29) is 233 Å². The van der Waals surface area contributed by atoms with Gasteiger partial charge in [-0.05, 0) is 166 Å². The third-order valence-corrected chi connectivity index (χ3v) is 25.2. The van der Waals surface area contributed by atoms with E-state index in [1.807, 2.05) is 24.6 Å². The van der Waals surface area contributed by atoms with Gasteiger partial charge in [-0.2, -0.15) is 0 Å². The van der Waals surface area contributed by atoms with Crippen LogP contribution in [-0.2, 0) is 164 Å². The molecule has 0 saturated heterocycles. The Morgan fingerprint density at radius 3 is 0.841 bits per heavy atom. The van der Waals surface area contributed by atoms with Gasteiger partial charge in [-0.15, -0.1) is 0 Å². The molecular weight excluding hydrogens is 1920 g/mol. The number of fused-ring (bicyclic) bond motifs is 12. The Bertz CT molecular complexity index is 4480. The number of quaternary nitrogens is 2. The molecule has 0 aliphatic carbocycles. The van der Waals surface area contributed by atoms with E-state index in [1.165, 1.54) is 33.4 Å². The van der Waals surface area contributed by atoms with Gasteiger partial charge in [-0.1, -0.05) is 266 Å². The van der Waals surface area contributed by atoms with Gasteiger partial charge in [-0.25, -0.2) is 9.98 Å². The molecule has 0 amide bonds. The maximum absolute atomic E-state index is 13.4. The third kappa shape index (κ3) is 46.3. The number of benzene rings is 6. The van der Waals surface area contributed by atoms with Crippen LogP contribution >= 0.6 is 0 Å². The van der Waals surface area contributed by atoms with Crippen LogP contribution in [-0.4, -0.2) is 193 Å². The normalized spacial score (nSPS) is 17.8. The summed E-state index contributed by atoms with van der Waals surface area (Å²) in [7, 11) is 4.30. The maximum atomic E-state index is 13.4. The first kappa shape index (κ1) is 145. The van der Waals surface area contributed by atoms with Gasteiger partial charge in [0.2, 0.25) is 0 Å². The molecule has 0 saturated carbocycles. The minimum atomic E-state index is -0.109. The number of hydrogen-bond donors (Lipinski definition) is 13. The molecule has 15 N–H and O–H groups in total. The van der Waals surface area contributed by atoms with Crippen molar-refractivity contribution in [2.45, 2.75) is 325 Å². The minimum Gasteiger partial charge on any atom is -0.872 e. The summed E-state index contributed by atoms with van der Waals surface area (Å²) in [4.78, 5) is 14.0. The monoisotopic (exact) mass is 2110 g/mol. The zero-order valence-electron chi connectivity index (χ0n) is 94.0. The molecule has 0 aromatic heterocycles. The summed E-state index contributed by atoms with van der Waals surface area (Å²) in [6.07, 6.45) is 6.03. The first-order chi connectivity index (χ1) is 57.9. The van der Waals surface area contributed by atoms with E-state index in [0.717, 1.165) is 158 Å². The molecule has 138 heavy (non-hydrogen) atoms. The zero-order chi connectivity index (χ0) is 94.5. The van der Waals surface area contributed by atoms with Crippen LogP contribution in [0.25, 0.3) is 0 Å². The first-order valence-electron chi connectivity index (χ1n) is 47.4. The standard InChI is InChI=1S/C38H64N4O2.C36H60N4O2.C34H52N4O2.6CH3.2Mg.4Ni/c1-12-13-14-42-22-30-18-32(36(5,6)7)17-29(34(30)44)21-40-24-37(8,9)23-39-19-27-15-31(35(2,3)4)16-28(33(27)43)20-41-25-38(10,11)26-42;1-33(2,3)29-13-25-17-37-21-35(7,8)22-38-18-26-14-30(34(4,5)6)16-28(32(26)42)20-40(12)24-36(9,10)23-39(11)19-27(15-29)31(25)41;1-31(2,3)27-11-23-15-35-19-33(7,8)21-37-17-25-13-28(32(4,5)6)14-26(30(25)40)18-38-22-34(9,10)20-36-16-24(12-27)29(23)39;;;;;;;;;;;;/h15-18,39-41,43-44H,12-14,19-26H2,1-11H3;13-16,37-38,41-42H,17-24H2,1-12H3;11-15,17,36,38-40H,16,18-22H2,1-10H3;6*1H3;;;;;;/q;;;6*-1;2*+2;4*+3/p+2. The van der Waals surface area contributed by atoms with Crippen LogP contribution in [0.3, 0.4) is 0 Å². The Morgan fingerprint density at radius 1 is 0.333 bits per heavy atom. The van der Waals surface area contributed by atoms with Gasteiger partial charge in [0.25, 0.3) is 0 Å². The van der Waals surface area contributed by atoms with Crippen LogP contribution in [0.4, 0.5) is 0 Å². The van der Waals surface area contributed by atoms with E-state index in [4.69, 9.17) is 0 Å². The second-order valence-electron chi connectivity index (χ2n) is 49.0. The molecule has 3 aliphatic heterocycles. The van der Waals surface area contributed by atoms with Crippen molar-refractivity contribution in [3.05, 3.63) is 217 Å². The Kier molecular flexibility index (Phi) is 63.3. The molecule has 3 heterocycles. The smallest absolute Gasteiger partial charge is 0.872 e. The molecule has 780 valence electrons. The van der Waals surface area contributed by atoms with E-state index in [9.17, 15) is 30.6 Å². The number of nitrogens with one attached hydrogen (secondary N) is 7. The molecule has 0 spiro atoms. The van der Waals surface area contributed by atoms with E-state index in [1.54, 1.807) is 0 Å². The van der Waals surface area contributed by atoms with Gasteiger partial charge >= 0.3 is 112 Å². The van der Waals surface area contributed by atoms with Crippen LogP contribution in [0, 0.1) is 77.0 Å². The van der Waals surface area contributed by atoms with E-state index in [0.29, 0.717) is 95.0 Å². The van der Waals surface area contributed by atoms with Crippen LogP contribution in [0.15, 0.2) is 72.8 Å². The van der Waals surface area contributed by atoms with Crippen molar-refractivity contribution in [1.82, 2.24) is 41.3 Å². The van der Waals surface area contributed by atoms with Crippen LogP contribution < -0.4 is 57.4 Å². The number of rotatable bonds is 3. The zero-order valence-corrected chi connectivity index (χ0v) is 101. The number of aromatic hydroxyl groups is 4. The maximum Gasteiger partial charge on any atom is 3.00 e. The van der Waals surface area contributed by atoms with Gasteiger partial charge in [-0.3, -0.25) is 4.90 Å². The number of nitrogens with zero attached hydrogens (tertiary/aromatic N) is 3. The van der Waals surface area contributed by atoms with Crippen molar-refractivity contribution in [2.75, 3.05) is 99.2 Å². The molecule has 4 radical (unpaired) electrons. The average molecular weight is 2110 g/mol. The van der Waals surface area contributed by atoms with Crippen molar-refractivity contribution < 1.29 is 117 Å². The summed E-state index contributed by atoms with van der Waals surface area (Å²) in [5.74, 6) is 1.86. The van der Waals surface area contributed by atoms with Crippen molar-refractivity contribution in [3.63, 3.8) is 0 Å². The molecule has 24 heteroatoms. The van der Waals surface area contributed by atoms with Gasteiger partial charge in [0, 0.05) is 160 Å². The fourth-order valence-electron chi connectivity index (χ4n) is 17.4. The minimum absolute atomic E-state index is 0. The van der Waals surface area contributed by atoms with E-state index in [2.05, 4.69) is 351 Å². The molecular formula is C114H196Mg2N12Ni4O6+12. The fraction of sp³-hybridized carbons (Fsp3) is 0.614. The van der Waals surface area contributed by atoms with Gasteiger partial charge in [0.05, 0.1) is 23.9 Å². The Hall–Kier alpha value is -3.43. The summed E-state index contributed by atoms with van der Waals surface area (Å²) in [5, 5.41) is 95.3. The number of phenols is 4. The number of hydrogen-bond acceptors (Lipinski definition) is 14. The first-order valence-corrected chi connectivity index (χ1v) is 47.4. The molecule has 0 fully saturated rings. The molecule has 9 rings (SSSR count). The quantitative estimate of drug-likeness (QED) is 0.0581. The molecule has 0 atom stereocenters. The van der Waals surface area contributed by atoms with Crippen LogP contribution in [0.1, 0.15) is 328 Å². The van der Waals surface area contributed by atoms with Crippen LogP contribution in [0.2, 0.25) is 0 Å². The fourth-order valence-corrected chi connectivity index (χ4v) is 17.4. The van der Waals surface area contributed by atoms with Crippen molar-refractivity contribution in [2.24, 2.45) is 32.5 Å². The predicted molar refractivity (Wildman–Crippen MR) is 573 cm³/mol. The molecule has 18 nitrogen and oxygen atoms in total. The van der Waals surface area contributed by atoms with Crippen molar-refractivity contribution >= 4 is 58.5 Å². The Labute approximate surface area is 918 Å². The van der Waals surface area contributed by atoms with Crippen molar-refractivity contribution in [1.29, 1.82) is 0 Å². The molecule has 6 aromatic carbocycles. The summed E-state index contributed by atoms with van der Waals surface area (Å²) in [6, 6.07) is 25.8. The van der Waals surface area contributed by atoms with Gasteiger partial charge in [0.15, 0.2) is 25.5 Å². The van der Waals surface area contributed by atoms with Crippen LogP contribution in [0.5, 0.6) is 34.5 Å². The van der Waals surface area contributed by atoms with Gasteiger partial charge < -0.3 is 122 Å². The van der Waals surface area contributed by atoms with Gasteiger partial charge in [0.1, 0.15) is 36.1 Å². The average Bonchev–Trinajstić information content (AvgIpc) is 0.722. The second-order valence-corrected chi connectivity index (χ2v) is 49.0. The summed E-state index contributed by atoms with van der Waals surface area (Å²) in [6.45, 7) is 86.7. The van der Waals surface area contributed by atoms with Crippen molar-refractivity contribution in [3.8, 4) is 34.5 Å². The second kappa shape index (κ2) is 60.1. The molecule has 3 aliphatic rings. The molecule has 6 aromatic rings. The number of nitrogens with two attached hydrogens (primary N) is 2. The number of unbranched alkanes of at least 4 members (excludes halogenated alkanes) is 1. The Morgan fingerprint density at radius 2 is 0.572 bits per heavy atom. The predicted octanol–water partition coefficient (Wildman–Crippen LogP) is 15.1. The molecule has 0 unspecified atom stereocenters. The Balaban J connectivity index is -0.000000454. The van der Waals surface area contributed by atoms with E-state index < -0.39 is 0 Å². The van der Waals surface area contributed by atoms with E-state index >= 15 is 0 Å². The topological polar surface area (TPSA) is 258 Å². The SMILES string of the molecule is CC1(C)C[NH+]=Cc2cc(C(C)(C)C)cc(c2[O-])C[NH2+]CC(C)(C)C[NH2+]Cc2cc(C(C)(C)C)cc(c2[O-])C=[NH+]C1.CCCCN1Cc2cc(C(C)(C)C)cc(c2O)CNCC(C)(C)CNCc2cc(C(C)(C)C)cc(c2O)CNCC(C)(C)C1.CN1Cc2cc(C(C)(C)C)cc(c2O)CNCC(C)(C)CNCc2cc(C(C)(C)C)cc(c2O)CN(C)CC(C)(C)C1.[CH3-].[CH3-].[CH3-].[CH3-].[CH3-].[CH3-].[Mg+2].[Mg+2].[Ni+3].[Ni+3].[Ni+3].[Ni+3]. The summed E-state index contributed by atoms with van der Waals surface area (Å²) in [5.41, 5.74) is 18.0. The summed E-state index contributed by atoms with van der Waals surface area (Å²) < 4.78 is 0.